The van der Waals surface area contributed by atoms with E-state index in [9.17, 15) is 0 Å². The minimum atomic E-state index is -1.61. The Bertz CT molecular complexity index is 1400. The Morgan fingerprint density at radius 1 is 0.625 bits per heavy atom. The van der Waals surface area contributed by atoms with Crippen LogP contribution in [0.4, 0.5) is 11.4 Å². The predicted molar refractivity (Wildman–Crippen MR) is 211 cm³/mol. The van der Waals surface area contributed by atoms with E-state index in [1.165, 1.54) is 58.7 Å². The molecule has 4 aliphatic rings. The summed E-state index contributed by atoms with van der Waals surface area (Å²) in [4.78, 5) is 2.34. The molecule has 2 nitrogen and oxygen atoms in total. The number of halogens is 2. The van der Waals surface area contributed by atoms with Crippen molar-refractivity contribution in [3.63, 3.8) is 0 Å². The average Bonchev–Trinajstić information content (AvgIpc) is 3.61. The molecule has 0 N–H and O–H groups in total. The van der Waals surface area contributed by atoms with E-state index in [2.05, 4.69) is 78.2 Å². The zero-order valence-corrected chi connectivity index (χ0v) is 33.5. The first-order valence-electron chi connectivity index (χ1n) is 18.6. The van der Waals surface area contributed by atoms with E-state index in [-0.39, 0.29) is 0 Å². The third-order valence-electron chi connectivity index (χ3n) is 10.7. The molecule has 0 spiro atoms. The monoisotopic (exact) mass is 793 g/mol. The molecule has 1 heterocycles. The first kappa shape index (κ1) is 37.9. The van der Waals surface area contributed by atoms with Crippen molar-refractivity contribution in [2.24, 2.45) is 0 Å². The first-order chi connectivity index (χ1) is 23.5. The van der Waals surface area contributed by atoms with Gasteiger partial charge in [-0.15, -0.1) is 0 Å². The van der Waals surface area contributed by atoms with E-state index in [0.717, 1.165) is 18.7 Å². The van der Waals surface area contributed by atoms with Gasteiger partial charge in [0.15, 0.2) is 0 Å². The van der Waals surface area contributed by atoms with Crippen molar-refractivity contribution >= 4 is 49.6 Å². The van der Waals surface area contributed by atoms with Crippen LogP contribution in [0.15, 0.2) is 78.9 Å². The molecule has 7 rings (SSSR count). The summed E-state index contributed by atoms with van der Waals surface area (Å²) in [5, 5.41) is 0. The van der Waals surface area contributed by atoms with Crippen LogP contribution < -0.4 is 4.90 Å². The van der Waals surface area contributed by atoms with Crippen molar-refractivity contribution in [3.05, 3.63) is 95.6 Å². The van der Waals surface area contributed by atoms with Crippen molar-refractivity contribution in [1.82, 2.24) is 0 Å². The maximum atomic E-state index is 5.67. The topological polar surface area (TPSA) is 6.25 Å². The number of aryl methyl sites for hydroxylation is 2. The van der Waals surface area contributed by atoms with Gasteiger partial charge in [-0.2, -0.15) is 0 Å². The molecule has 0 unspecified atom stereocenters. The molecule has 0 radical (unpaired) electrons. The Morgan fingerprint density at radius 2 is 1.10 bits per heavy atom. The number of hydrogen-bond acceptors (Lipinski definition) is 1. The molecule has 1 aliphatic heterocycles. The number of benzene rings is 3. The van der Waals surface area contributed by atoms with Crippen molar-refractivity contribution in [2.45, 2.75) is 127 Å². The number of rotatable bonds is 6. The molecule has 0 aromatic heterocycles. The summed E-state index contributed by atoms with van der Waals surface area (Å²) >= 11 is -1.61. The second-order valence-electron chi connectivity index (χ2n) is 14.1. The van der Waals surface area contributed by atoms with Gasteiger partial charge >= 0.3 is 73.4 Å². The second-order valence-corrected chi connectivity index (χ2v) is 22.9. The van der Waals surface area contributed by atoms with Crippen LogP contribution in [0.25, 0.3) is 0 Å². The SMILES string of the molecule is C1CCC(P(C2CCCCC2)C2CCCCC2)CC1.Cc1ccccc1N1C=[N+](c2ccccc2C)CC1.[Cl][Ru]([Cl])=[CH]c1ccccc1. The van der Waals surface area contributed by atoms with Crippen LogP contribution in [-0.4, -0.2) is 45.6 Å². The molecule has 3 fully saturated rings. The number of hydrogen-bond donors (Lipinski definition) is 0. The number of nitrogens with zero attached hydrogens (tertiary/aromatic N) is 2. The van der Waals surface area contributed by atoms with Crippen molar-refractivity contribution in [2.75, 3.05) is 18.0 Å². The second kappa shape index (κ2) is 20.5. The standard InChI is InChI=1S/C18H33P.C17H19N2.C7H6.2ClH.Ru/c1-4-10-16(11-5-1)19(17-12-6-2-7-13-17)18-14-8-3-9-15-18;1-14-7-3-5-9-16(14)18-11-12-19(13-18)17-10-6-4-8-15(17)2;1-7-5-3-2-4-6-7;;;/h16-18H,1-15H2;3-10,13H,11-12H2,1-2H3;1-6H;2*1H;/q;+1;;;;+2/p-2. The van der Waals surface area contributed by atoms with Gasteiger partial charge in [0.2, 0.25) is 6.34 Å². The summed E-state index contributed by atoms with van der Waals surface area (Å²) in [7, 11) is 11.7. The molecule has 0 bridgehead atoms. The van der Waals surface area contributed by atoms with Gasteiger partial charge in [0.1, 0.15) is 24.5 Å². The average molecular weight is 794 g/mol. The molecule has 3 saturated carbocycles. The van der Waals surface area contributed by atoms with E-state index in [4.69, 9.17) is 19.4 Å². The van der Waals surface area contributed by atoms with Crippen LogP contribution in [0.3, 0.4) is 0 Å². The molecule has 0 atom stereocenters. The van der Waals surface area contributed by atoms with Gasteiger partial charge in [0, 0.05) is 0 Å². The van der Waals surface area contributed by atoms with Crippen LogP contribution in [-0.2, 0) is 13.5 Å². The fraction of sp³-hybridized carbons (Fsp3) is 0.524. The summed E-state index contributed by atoms with van der Waals surface area (Å²) in [6, 6.07) is 27.0. The van der Waals surface area contributed by atoms with Gasteiger partial charge in [-0.3, -0.25) is 0 Å². The molecule has 0 saturated heterocycles. The summed E-state index contributed by atoms with van der Waals surface area (Å²) < 4.78 is 4.26. The van der Waals surface area contributed by atoms with E-state index in [1.54, 1.807) is 77.0 Å². The Hall–Kier alpha value is -1.37. The molecule has 0 amide bonds. The third-order valence-corrected chi connectivity index (χ3v) is 16.6. The van der Waals surface area contributed by atoms with Crippen molar-refractivity contribution in [1.29, 1.82) is 0 Å². The zero-order valence-electron chi connectivity index (χ0n) is 29.4. The Labute approximate surface area is 306 Å². The van der Waals surface area contributed by atoms with Gasteiger partial charge in [-0.25, -0.2) is 9.48 Å². The molecule has 48 heavy (non-hydrogen) atoms. The number of anilines is 1. The fourth-order valence-corrected chi connectivity index (χ4v) is 14.8. The summed E-state index contributed by atoms with van der Waals surface area (Å²) in [5.74, 6) is 0. The van der Waals surface area contributed by atoms with Gasteiger partial charge in [-0.1, -0.05) is 102 Å². The number of para-hydroxylation sites is 2. The van der Waals surface area contributed by atoms with Gasteiger partial charge in [0.25, 0.3) is 0 Å². The van der Waals surface area contributed by atoms with Crippen molar-refractivity contribution < 1.29 is 18.1 Å². The summed E-state index contributed by atoms with van der Waals surface area (Å²) in [5.41, 5.74) is 9.94. The first-order valence-corrected chi connectivity index (χ1v) is 25.7. The van der Waals surface area contributed by atoms with Gasteiger partial charge in [0.05, 0.1) is 0 Å². The molecule has 3 aromatic carbocycles. The molecule has 3 aliphatic carbocycles. The zero-order chi connectivity index (χ0) is 33.6. The molecular weight excluding hydrogens is 735 g/mol. The molecule has 6 heteroatoms. The fourth-order valence-electron chi connectivity index (χ4n) is 8.28. The predicted octanol–water partition coefficient (Wildman–Crippen LogP) is 12.7. The van der Waals surface area contributed by atoms with Crippen LogP contribution in [0.1, 0.15) is 113 Å². The van der Waals surface area contributed by atoms with E-state index >= 15 is 0 Å². The third kappa shape index (κ3) is 11.6. The van der Waals surface area contributed by atoms with E-state index in [0.29, 0.717) is 7.92 Å². The van der Waals surface area contributed by atoms with Crippen LogP contribution in [0, 0.1) is 13.8 Å². The van der Waals surface area contributed by atoms with E-state index in [1.807, 2.05) is 34.9 Å². The Balaban J connectivity index is 0.000000148. The maximum absolute atomic E-state index is 5.67. The Kier molecular flexibility index (Phi) is 16.2. The molecule has 262 valence electrons. The quantitative estimate of drug-likeness (QED) is 0.137. The summed E-state index contributed by atoms with van der Waals surface area (Å²) in [6.45, 7) is 6.41. The van der Waals surface area contributed by atoms with Crippen molar-refractivity contribution in [3.8, 4) is 0 Å². The van der Waals surface area contributed by atoms with Crippen LogP contribution >= 0.6 is 27.3 Å². The minimum absolute atomic E-state index is 0.385. The normalized spacial score (nSPS) is 19.5. The van der Waals surface area contributed by atoms with Crippen LogP contribution in [0.5, 0.6) is 0 Å². The molecular formula is C42H58Cl2N2PRu+. The molecule has 3 aromatic rings. The van der Waals surface area contributed by atoms with Crippen LogP contribution in [0.2, 0.25) is 0 Å². The Morgan fingerprint density at radius 3 is 1.60 bits per heavy atom. The summed E-state index contributed by atoms with van der Waals surface area (Å²) in [6.07, 6.45) is 25.8. The van der Waals surface area contributed by atoms with Gasteiger partial charge in [-0.05, 0) is 92.6 Å². The van der Waals surface area contributed by atoms with E-state index < -0.39 is 13.5 Å². The van der Waals surface area contributed by atoms with Gasteiger partial charge < -0.3 is 0 Å².